The van der Waals surface area contributed by atoms with E-state index in [4.69, 9.17) is 19.7 Å². The monoisotopic (exact) mass is 404 g/mol. The minimum Gasteiger partial charge on any atom is -0.444 e. The van der Waals surface area contributed by atoms with E-state index in [1.54, 1.807) is 0 Å². The number of rotatable bonds is 2. The Balaban J connectivity index is 0.000000906. The fraction of sp³-hybridized carbons (Fsp3) is 0.900. The molecule has 1 heterocycles. The second-order valence-electron chi connectivity index (χ2n) is 8.29. The van der Waals surface area contributed by atoms with Crippen molar-refractivity contribution in [2.24, 2.45) is 5.92 Å². The number of carbonyl (C=O) groups is 2. The lowest BCUT2D eigenvalue weighted by Crippen LogP contribution is -2.44. The van der Waals surface area contributed by atoms with Crippen molar-refractivity contribution in [2.75, 3.05) is 26.3 Å². The molecule has 1 saturated heterocycles. The molecule has 1 saturated carbocycles. The second-order valence-corrected chi connectivity index (χ2v) is 8.29. The SMILES string of the molecule is CC.CC(C)(C)OC(=O)N[C@H]1CC[C@@H](C(=O)N2CCOCC2)C1.CC(C)(O)O. The van der Waals surface area contributed by atoms with E-state index in [1.807, 2.05) is 39.5 Å². The van der Waals surface area contributed by atoms with Gasteiger partial charge in [-0.2, -0.15) is 0 Å². The molecule has 1 aliphatic heterocycles. The number of ether oxygens (including phenoxy) is 2. The van der Waals surface area contributed by atoms with Gasteiger partial charge in [-0.25, -0.2) is 4.79 Å². The highest BCUT2D eigenvalue weighted by Gasteiger charge is 2.34. The quantitative estimate of drug-likeness (QED) is 0.609. The van der Waals surface area contributed by atoms with Gasteiger partial charge in [-0.1, -0.05) is 13.8 Å². The van der Waals surface area contributed by atoms with Gasteiger partial charge in [0, 0.05) is 25.0 Å². The summed E-state index contributed by atoms with van der Waals surface area (Å²) in [4.78, 5) is 26.0. The normalized spacial score (nSPS) is 22.2. The average molecular weight is 405 g/mol. The van der Waals surface area contributed by atoms with Gasteiger partial charge in [-0.05, 0) is 53.9 Å². The molecule has 0 aromatic carbocycles. The first-order valence-electron chi connectivity index (χ1n) is 10.2. The van der Waals surface area contributed by atoms with Crippen molar-refractivity contribution in [3.05, 3.63) is 0 Å². The zero-order valence-corrected chi connectivity index (χ0v) is 18.6. The molecule has 2 fully saturated rings. The van der Waals surface area contributed by atoms with Crippen LogP contribution in [0.4, 0.5) is 4.79 Å². The van der Waals surface area contributed by atoms with Crippen molar-refractivity contribution < 1.29 is 29.3 Å². The largest absolute Gasteiger partial charge is 0.444 e. The van der Waals surface area contributed by atoms with Gasteiger partial charge >= 0.3 is 6.09 Å². The highest BCUT2D eigenvalue weighted by molar-refractivity contribution is 5.79. The van der Waals surface area contributed by atoms with Crippen molar-refractivity contribution in [1.29, 1.82) is 0 Å². The van der Waals surface area contributed by atoms with Crippen LogP contribution in [0.15, 0.2) is 0 Å². The number of hydrogen-bond acceptors (Lipinski definition) is 6. The third-order valence-electron chi connectivity index (χ3n) is 3.83. The summed E-state index contributed by atoms with van der Waals surface area (Å²) in [6, 6.07) is 0.0369. The maximum Gasteiger partial charge on any atom is 0.407 e. The predicted octanol–water partition coefficient (Wildman–Crippen LogP) is 2.27. The van der Waals surface area contributed by atoms with Gasteiger partial charge in [0.25, 0.3) is 0 Å². The van der Waals surface area contributed by atoms with Gasteiger partial charge in [0.05, 0.1) is 13.2 Å². The molecule has 0 aromatic rings. The van der Waals surface area contributed by atoms with Crippen molar-refractivity contribution in [3.8, 4) is 0 Å². The first kappa shape index (κ1) is 26.6. The molecule has 0 bridgehead atoms. The van der Waals surface area contributed by atoms with E-state index in [-0.39, 0.29) is 17.9 Å². The fourth-order valence-electron chi connectivity index (χ4n) is 2.85. The van der Waals surface area contributed by atoms with E-state index < -0.39 is 17.5 Å². The Morgan fingerprint density at radius 2 is 1.54 bits per heavy atom. The third-order valence-corrected chi connectivity index (χ3v) is 3.83. The van der Waals surface area contributed by atoms with Crippen LogP contribution in [0, 0.1) is 5.92 Å². The molecular formula is C20H40N2O6. The molecule has 0 unspecified atom stereocenters. The van der Waals surface area contributed by atoms with Crippen LogP contribution in [-0.4, -0.2) is 70.8 Å². The molecule has 8 nitrogen and oxygen atoms in total. The minimum absolute atomic E-state index is 0.0167. The molecule has 8 heteroatoms. The highest BCUT2D eigenvalue weighted by Crippen LogP contribution is 2.28. The Morgan fingerprint density at radius 1 is 1.04 bits per heavy atom. The van der Waals surface area contributed by atoms with Crippen LogP contribution in [0.25, 0.3) is 0 Å². The molecule has 2 rings (SSSR count). The Bertz CT molecular complexity index is 458. The Kier molecular flexibility index (Phi) is 11.6. The number of morpholine rings is 1. The number of hydrogen-bond donors (Lipinski definition) is 3. The van der Waals surface area contributed by atoms with Crippen LogP contribution in [0.2, 0.25) is 0 Å². The average Bonchev–Trinajstić information content (AvgIpc) is 3.02. The van der Waals surface area contributed by atoms with Gasteiger partial charge in [0.1, 0.15) is 5.60 Å². The van der Waals surface area contributed by atoms with Crippen LogP contribution in [0.3, 0.4) is 0 Å². The summed E-state index contributed by atoms with van der Waals surface area (Å²) < 4.78 is 10.5. The number of nitrogens with zero attached hydrogens (tertiary/aromatic N) is 1. The van der Waals surface area contributed by atoms with Gasteiger partial charge in [-0.3, -0.25) is 4.79 Å². The number of nitrogens with one attached hydrogen (secondary N) is 1. The lowest BCUT2D eigenvalue weighted by Gasteiger charge is -2.29. The van der Waals surface area contributed by atoms with E-state index in [9.17, 15) is 9.59 Å². The summed E-state index contributed by atoms with van der Waals surface area (Å²) in [6.45, 7) is 14.7. The van der Waals surface area contributed by atoms with Crippen molar-refractivity contribution >= 4 is 12.0 Å². The van der Waals surface area contributed by atoms with E-state index in [0.717, 1.165) is 12.8 Å². The summed E-state index contributed by atoms with van der Waals surface area (Å²) in [7, 11) is 0. The van der Waals surface area contributed by atoms with Gasteiger partial charge in [0.2, 0.25) is 5.91 Å². The Labute approximate surface area is 169 Å². The lowest BCUT2D eigenvalue weighted by atomic mass is 10.1. The van der Waals surface area contributed by atoms with E-state index >= 15 is 0 Å². The summed E-state index contributed by atoms with van der Waals surface area (Å²) in [5.41, 5.74) is -0.494. The maximum atomic E-state index is 12.4. The van der Waals surface area contributed by atoms with Gasteiger partial charge < -0.3 is 29.9 Å². The molecule has 1 aliphatic carbocycles. The van der Waals surface area contributed by atoms with Crippen LogP contribution in [0.5, 0.6) is 0 Å². The Morgan fingerprint density at radius 3 is 2.00 bits per heavy atom. The summed E-state index contributed by atoms with van der Waals surface area (Å²) >= 11 is 0. The van der Waals surface area contributed by atoms with Gasteiger partial charge in [-0.15, -0.1) is 0 Å². The maximum absolute atomic E-state index is 12.4. The van der Waals surface area contributed by atoms with Crippen molar-refractivity contribution in [1.82, 2.24) is 10.2 Å². The van der Waals surface area contributed by atoms with Crippen LogP contribution >= 0.6 is 0 Å². The van der Waals surface area contributed by atoms with E-state index in [0.29, 0.717) is 32.7 Å². The lowest BCUT2D eigenvalue weighted by molar-refractivity contribution is -0.139. The topological polar surface area (TPSA) is 108 Å². The molecule has 2 atom stereocenters. The fourth-order valence-corrected chi connectivity index (χ4v) is 2.85. The predicted molar refractivity (Wildman–Crippen MR) is 108 cm³/mol. The highest BCUT2D eigenvalue weighted by atomic mass is 16.6. The summed E-state index contributed by atoms with van der Waals surface area (Å²) in [5.74, 6) is -1.28. The number of alkyl carbamates (subject to hydrolysis) is 1. The van der Waals surface area contributed by atoms with Gasteiger partial charge in [0.15, 0.2) is 5.79 Å². The van der Waals surface area contributed by atoms with E-state index in [1.165, 1.54) is 13.8 Å². The number of amides is 2. The number of aliphatic hydroxyl groups is 2. The van der Waals surface area contributed by atoms with Crippen LogP contribution in [0.1, 0.15) is 67.7 Å². The third kappa shape index (κ3) is 12.9. The molecule has 2 aliphatic rings. The minimum atomic E-state index is -1.50. The standard InChI is InChI=1S/C15H26N2O4.C3H8O2.C2H6/c1-15(2,3)21-14(19)16-12-5-4-11(10-12)13(18)17-6-8-20-9-7-17;1-3(2,4)5;1-2/h11-12H,4-10H2,1-3H3,(H,16,19);4-5H,1-2H3;1-2H3/t11-,12+;;/m1../s1. The van der Waals surface area contributed by atoms with E-state index in [2.05, 4.69) is 5.32 Å². The van der Waals surface area contributed by atoms with Crippen LogP contribution in [-0.2, 0) is 14.3 Å². The Hall–Kier alpha value is -1.38. The summed E-state index contributed by atoms with van der Waals surface area (Å²) in [6.07, 6.45) is 1.97. The zero-order valence-electron chi connectivity index (χ0n) is 18.6. The van der Waals surface area contributed by atoms with Crippen molar-refractivity contribution in [3.63, 3.8) is 0 Å². The second kappa shape index (κ2) is 12.2. The molecule has 166 valence electrons. The molecule has 2 amide bonds. The molecule has 0 spiro atoms. The molecule has 0 radical (unpaired) electrons. The smallest absolute Gasteiger partial charge is 0.407 e. The number of carbonyl (C=O) groups excluding carboxylic acids is 2. The van der Waals surface area contributed by atoms with Crippen molar-refractivity contribution in [2.45, 2.75) is 85.2 Å². The zero-order chi connectivity index (χ0) is 22.0. The molecule has 28 heavy (non-hydrogen) atoms. The first-order chi connectivity index (χ1) is 12.8. The van der Waals surface area contributed by atoms with Crippen LogP contribution < -0.4 is 5.32 Å². The summed E-state index contributed by atoms with van der Waals surface area (Å²) in [5, 5.41) is 19.0. The molecule has 0 aromatic heterocycles. The first-order valence-corrected chi connectivity index (χ1v) is 10.2. The molecular weight excluding hydrogens is 364 g/mol. The molecule has 3 N–H and O–H groups in total.